The van der Waals surface area contributed by atoms with Crippen LogP contribution >= 0.6 is 0 Å². The van der Waals surface area contributed by atoms with Crippen molar-refractivity contribution < 1.29 is 9.53 Å². The SMILES string of the molecule is O=C(c1cnc2c(c1)OCCN2c1ccn2c(=O)n(-c3ccccn3)nc2c1)N1CCCCC1. The highest BCUT2D eigenvalue weighted by Crippen LogP contribution is 2.35. The van der Waals surface area contributed by atoms with E-state index in [1.807, 2.05) is 28.0 Å². The summed E-state index contributed by atoms with van der Waals surface area (Å²) in [6.45, 7) is 2.61. The molecule has 6 heterocycles. The molecule has 1 amide bonds. The predicted molar refractivity (Wildman–Crippen MR) is 125 cm³/mol. The monoisotopic (exact) mass is 457 g/mol. The first-order chi connectivity index (χ1) is 16.7. The summed E-state index contributed by atoms with van der Waals surface area (Å²) in [5.41, 5.74) is 1.58. The standard InChI is InChI=1S/C24H23N7O3/c32-23(28-9-4-1-5-10-28)17-14-19-22(26-16-17)29(12-13-34-19)18-7-11-30-21(15-18)27-31(24(30)33)20-6-2-3-8-25-20/h2-3,6-8,11,14-16H,1,4-5,9-10,12-13H2. The van der Waals surface area contributed by atoms with Crippen LogP contribution in [-0.4, -0.2) is 61.2 Å². The molecule has 34 heavy (non-hydrogen) atoms. The second kappa shape index (κ2) is 8.29. The lowest BCUT2D eigenvalue weighted by atomic mass is 10.1. The third kappa shape index (κ3) is 3.47. The van der Waals surface area contributed by atoms with Crippen LogP contribution in [0.3, 0.4) is 0 Å². The van der Waals surface area contributed by atoms with Crippen LogP contribution in [-0.2, 0) is 0 Å². The summed E-state index contributed by atoms with van der Waals surface area (Å²) < 4.78 is 8.62. The van der Waals surface area contributed by atoms with Gasteiger partial charge in [-0.25, -0.2) is 19.2 Å². The maximum absolute atomic E-state index is 12.9. The number of carbonyl (C=O) groups is 1. The Balaban J connectivity index is 1.33. The zero-order valence-corrected chi connectivity index (χ0v) is 18.5. The van der Waals surface area contributed by atoms with Gasteiger partial charge in [-0.2, -0.15) is 4.68 Å². The molecule has 0 atom stereocenters. The number of nitrogens with zero attached hydrogens (tertiary/aromatic N) is 7. The minimum Gasteiger partial charge on any atom is -0.488 e. The largest absolute Gasteiger partial charge is 0.488 e. The van der Waals surface area contributed by atoms with Crippen molar-refractivity contribution in [3.05, 3.63) is 71.0 Å². The first-order valence-electron chi connectivity index (χ1n) is 11.4. The Morgan fingerprint density at radius 1 is 1.00 bits per heavy atom. The number of piperidine rings is 1. The Morgan fingerprint density at radius 2 is 1.88 bits per heavy atom. The number of hydrogen-bond acceptors (Lipinski definition) is 7. The molecule has 0 aliphatic carbocycles. The van der Waals surface area contributed by atoms with Gasteiger partial charge in [-0.05, 0) is 43.5 Å². The summed E-state index contributed by atoms with van der Waals surface area (Å²) in [6, 6.07) is 10.8. The first kappa shape index (κ1) is 20.4. The molecule has 0 radical (unpaired) electrons. The number of amides is 1. The zero-order chi connectivity index (χ0) is 23.1. The molecule has 0 aromatic carbocycles. The van der Waals surface area contributed by atoms with E-state index in [0.29, 0.717) is 41.7 Å². The van der Waals surface area contributed by atoms with Crippen LogP contribution in [0, 0.1) is 0 Å². The van der Waals surface area contributed by atoms with Crippen molar-refractivity contribution in [2.24, 2.45) is 0 Å². The van der Waals surface area contributed by atoms with E-state index < -0.39 is 0 Å². The molecule has 1 saturated heterocycles. The minimum absolute atomic E-state index is 0.00317. The number of likely N-dealkylation sites (tertiary alicyclic amines) is 1. The zero-order valence-electron chi connectivity index (χ0n) is 18.5. The highest BCUT2D eigenvalue weighted by atomic mass is 16.5. The maximum atomic E-state index is 12.9. The Bertz CT molecular complexity index is 1420. The molecule has 0 unspecified atom stereocenters. The molecule has 1 fully saturated rings. The van der Waals surface area contributed by atoms with Crippen molar-refractivity contribution in [1.29, 1.82) is 0 Å². The van der Waals surface area contributed by atoms with Crippen molar-refractivity contribution in [1.82, 2.24) is 29.0 Å². The Labute approximate surface area is 195 Å². The van der Waals surface area contributed by atoms with Crippen molar-refractivity contribution in [2.45, 2.75) is 19.3 Å². The van der Waals surface area contributed by atoms with Gasteiger partial charge in [-0.1, -0.05) is 6.07 Å². The van der Waals surface area contributed by atoms with Gasteiger partial charge in [0, 0.05) is 43.4 Å². The van der Waals surface area contributed by atoms with Gasteiger partial charge < -0.3 is 14.5 Å². The van der Waals surface area contributed by atoms with E-state index in [-0.39, 0.29) is 11.6 Å². The minimum atomic E-state index is -0.290. The van der Waals surface area contributed by atoms with E-state index in [9.17, 15) is 9.59 Å². The van der Waals surface area contributed by atoms with Gasteiger partial charge in [0.05, 0.1) is 12.1 Å². The van der Waals surface area contributed by atoms with Crippen LogP contribution in [0.15, 0.2) is 59.8 Å². The summed E-state index contributed by atoms with van der Waals surface area (Å²) in [4.78, 5) is 38.4. The third-order valence-electron chi connectivity index (χ3n) is 6.24. The van der Waals surface area contributed by atoms with Crippen molar-refractivity contribution >= 4 is 23.1 Å². The third-order valence-corrected chi connectivity index (χ3v) is 6.24. The predicted octanol–water partition coefficient (Wildman–Crippen LogP) is 2.43. The molecule has 0 N–H and O–H groups in total. The van der Waals surface area contributed by atoms with Gasteiger partial charge in [-0.3, -0.25) is 4.79 Å². The van der Waals surface area contributed by atoms with Crippen LogP contribution in [0.1, 0.15) is 29.6 Å². The fraction of sp³-hybridized carbons (Fsp3) is 0.292. The van der Waals surface area contributed by atoms with Crippen molar-refractivity contribution in [3.8, 4) is 11.6 Å². The lowest BCUT2D eigenvalue weighted by Crippen LogP contribution is -2.36. The van der Waals surface area contributed by atoms with Crippen LogP contribution in [0.2, 0.25) is 0 Å². The van der Waals surface area contributed by atoms with E-state index in [1.165, 1.54) is 15.5 Å². The van der Waals surface area contributed by atoms with Crippen LogP contribution in [0.4, 0.5) is 11.5 Å². The summed E-state index contributed by atoms with van der Waals surface area (Å²) in [5.74, 6) is 1.67. The molecule has 4 aromatic rings. The van der Waals surface area contributed by atoms with Gasteiger partial charge in [0.2, 0.25) is 0 Å². The number of carbonyl (C=O) groups excluding carboxylic acids is 1. The Hall–Kier alpha value is -4.21. The van der Waals surface area contributed by atoms with Crippen molar-refractivity contribution in [2.75, 3.05) is 31.1 Å². The molecule has 2 aliphatic heterocycles. The van der Waals surface area contributed by atoms with Crippen LogP contribution in [0.25, 0.3) is 11.5 Å². The highest BCUT2D eigenvalue weighted by molar-refractivity contribution is 5.95. The number of rotatable bonds is 3. The number of anilines is 2. The van der Waals surface area contributed by atoms with Crippen LogP contribution in [0.5, 0.6) is 5.75 Å². The van der Waals surface area contributed by atoms with Gasteiger partial charge in [0.15, 0.2) is 23.0 Å². The molecule has 0 spiro atoms. The number of aromatic nitrogens is 5. The number of hydrogen-bond donors (Lipinski definition) is 0. The molecule has 0 bridgehead atoms. The molecule has 10 nitrogen and oxygen atoms in total. The van der Waals surface area contributed by atoms with E-state index >= 15 is 0 Å². The molecule has 0 saturated carbocycles. The molecular formula is C24H23N7O3. The average Bonchev–Trinajstić information content (AvgIpc) is 3.24. The Kier molecular flexibility index (Phi) is 4.97. The van der Waals surface area contributed by atoms with Gasteiger partial charge in [0.25, 0.3) is 5.91 Å². The van der Waals surface area contributed by atoms with E-state index in [0.717, 1.165) is 31.6 Å². The van der Waals surface area contributed by atoms with Crippen molar-refractivity contribution in [3.63, 3.8) is 0 Å². The summed E-state index contributed by atoms with van der Waals surface area (Å²) >= 11 is 0. The van der Waals surface area contributed by atoms with E-state index in [2.05, 4.69) is 15.1 Å². The Morgan fingerprint density at radius 3 is 2.71 bits per heavy atom. The number of fused-ring (bicyclic) bond motifs is 2. The van der Waals surface area contributed by atoms with E-state index in [1.54, 1.807) is 36.8 Å². The fourth-order valence-electron chi connectivity index (χ4n) is 4.51. The topological polar surface area (TPSA) is 97.9 Å². The number of ether oxygens (including phenoxy) is 1. The highest BCUT2D eigenvalue weighted by Gasteiger charge is 2.25. The molecule has 6 rings (SSSR count). The summed E-state index contributed by atoms with van der Waals surface area (Å²) in [6.07, 6.45) is 8.18. The fourth-order valence-corrected chi connectivity index (χ4v) is 4.51. The van der Waals surface area contributed by atoms with E-state index in [4.69, 9.17) is 4.74 Å². The lowest BCUT2D eigenvalue weighted by molar-refractivity contribution is 0.0723. The molecule has 4 aromatic heterocycles. The molecule has 172 valence electrons. The van der Waals surface area contributed by atoms with Gasteiger partial charge in [0.1, 0.15) is 6.61 Å². The molecule has 10 heteroatoms. The summed E-state index contributed by atoms with van der Waals surface area (Å²) in [5, 5.41) is 4.46. The average molecular weight is 457 g/mol. The second-order valence-corrected chi connectivity index (χ2v) is 8.39. The smallest absolute Gasteiger partial charge is 0.356 e. The summed E-state index contributed by atoms with van der Waals surface area (Å²) in [7, 11) is 0. The normalized spacial score (nSPS) is 15.8. The lowest BCUT2D eigenvalue weighted by Gasteiger charge is -2.31. The first-order valence-corrected chi connectivity index (χ1v) is 11.4. The quantitative estimate of drug-likeness (QED) is 0.466. The van der Waals surface area contributed by atoms with Gasteiger partial charge >= 0.3 is 5.69 Å². The number of pyridine rings is 3. The molecule has 2 aliphatic rings. The van der Waals surface area contributed by atoms with Crippen LogP contribution < -0.4 is 15.3 Å². The maximum Gasteiger partial charge on any atom is 0.356 e. The second-order valence-electron chi connectivity index (χ2n) is 8.39. The van der Waals surface area contributed by atoms with Gasteiger partial charge in [-0.15, -0.1) is 5.10 Å². The molecular weight excluding hydrogens is 434 g/mol.